The molecule has 1 saturated carbocycles. The van der Waals surface area contributed by atoms with E-state index in [2.05, 4.69) is 10.3 Å². The van der Waals surface area contributed by atoms with Crippen LogP contribution in [0.25, 0.3) is 0 Å². The van der Waals surface area contributed by atoms with E-state index in [-0.39, 0.29) is 24.2 Å². The molecule has 7 nitrogen and oxygen atoms in total. The summed E-state index contributed by atoms with van der Waals surface area (Å²) in [6.07, 6.45) is 1.03. The maximum absolute atomic E-state index is 12.2. The molecule has 7 heteroatoms. The van der Waals surface area contributed by atoms with Crippen molar-refractivity contribution >= 4 is 17.8 Å². The second-order valence-corrected chi connectivity index (χ2v) is 5.68. The van der Waals surface area contributed by atoms with Crippen molar-refractivity contribution < 1.29 is 23.9 Å². The normalized spacial score (nSPS) is 15.0. The summed E-state index contributed by atoms with van der Waals surface area (Å²) in [7, 11) is 0. The molecule has 1 aromatic heterocycles. The molecule has 0 bridgehead atoms. The molecule has 2 N–H and O–H groups in total. The van der Waals surface area contributed by atoms with Crippen molar-refractivity contribution in [2.24, 2.45) is 0 Å². The summed E-state index contributed by atoms with van der Waals surface area (Å²) in [5.41, 5.74) is 1.48. The zero-order chi connectivity index (χ0) is 17.1. The van der Waals surface area contributed by atoms with Crippen molar-refractivity contribution in [3.05, 3.63) is 22.5 Å². The molecule has 1 aromatic rings. The standard InChI is InChI=1S/C16H22N2O5/c1-5-22-15(20)12-8(2)13(17-9(12)3)16(21)23-10(4)14(19)18-11-6-7-11/h10-11,17H,5-7H2,1-4H3,(H,18,19). The lowest BCUT2D eigenvalue weighted by molar-refractivity contribution is -0.129. The summed E-state index contributed by atoms with van der Waals surface area (Å²) >= 11 is 0. The fourth-order valence-corrected chi connectivity index (χ4v) is 2.28. The van der Waals surface area contributed by atoms with Gasteiger partial charge in [-0.05, 0) is 46.1 Å². The van der Waals surface area contributed by atoms with Crippen LogP contribution in [0.4, 0.5) is 0 Å². The lowest BCUT2D eigenvalue weighted by Gasteiger charge is -2.13. The molecule has 0 aromatic carbocycles. The highest BCUT2D eigenvalue weighted by atomic mass is 16.5. The molecular formula is C16H22N2O5. The minimum atomic E-state index is -0.892. The number of carbonyl (C=O) groups is 3. The Hall–Kier alpha value is -2.31. The second-order valence-electron chi connectivity index (χ2n) is 5.68. The highest BCUT2D eigenvalue weighted by Gasteiger charge is 2.29. The maximum atomic E-state index is 12.2. The minimum absolute atomic E-state index is 0.164. The van der Waals surface area contributed by atoms with Crippen LogP contribution in [0.15, 0.2) is 0 Å². The van der Waals surface area contributed by atoms with Crippen molar-refractivity contribution in [1.82, 2.24) is 10.3 Å². The fraction of sp³-hybridized carbons (Fsp3) is 0.562. The zero-order valence-electron chi connectivity index (χ0n) is 13.8. The number of carbonyl (C=O) groups excluding carboxylic acids is 3. The minimum Gasteiger partial charge on any atom is -0.462 e. The molecule has 1 unspecified atom stereocenters. The van der Waals surface area contributed by atoms with Crippen LogP contribution in [0.3, 0.4) is 0 Å². The SMILES string of the molecule is CCOC(=O)c1c(C)[nH]c(C(=O)OC(C)C(=O)NC2CC2)c1C. The molecule has 23 heavy (non-hydrogen) atoms. The van der Waals surface area contributed by atoms with Gasteiger partial charge in [-0.3, -0.25) is 4.79 Å². The van der Waals surface area contributed by atoms with E-state index >= 15 is 0 Å². The lowest BCUT2D eigenvalue weighted by Crippen LogP contribution is -2.37. The number of amides is 1. The third-order valence-corrected chi connectivity index (χ3v) is 3.70. The molecule has 0 spiro atoms. The molecule has 126 valence electrons. The van der Waals surface area contributed by atoms with Crippen molar-refractivity contribution in [3.8, 4) is 0 Å². The Morgan fingerprint density at radius 1 is 1.26 bits per heavy atom. The zero-order valence-corrected chi connectivity index (χ0v) is 13.8. The Bertz CT molecular complexity index is 631. The first-order chi connectivity index (χ1) is 10.8. The first-order valence-electron chi connectivity index (χ1n) is 7.72. The Labute approximate surface area is 134 Å². The van der Waals surface area contributed by atoms with E-state index in [0.717, 1.165) is 12.8 Å². The van der Waals surface area contributed by atoms with Crippen LogP contribution in [0.1, 0.15) is 58.8 Å². The Kier molecular flexibility index (Phi) is 5.08. The van der Waals surface area contributed by atoms with Crippen molar-refractivity contribution in [2.75, 3.05) is 6.61 Å². The number of H-pyrrole nitrogens is 1. The fourth-order valence-electron chi connectivity index (χ4n) is 2.28. The van der Waals surface area contributed by atoms with Crippen molar-refractivity contribution in [3.63, 3.8) is 0 Å². The van der Waals surface area contributed by atoms with Gasteiger partial charge in [0.15, 0.2) is 6.10 Å². The number of aryl methyl sites for hydroxylation is 1. The van der Waals surface area contributed by atoms with E-state index in [4.69, 9.17) is 9.47 Å². The van der Waals surface area contributed by atoms with E-state index in [9.17, 15) is 14.4 Å². The average Bonchev–Trinajstić information content (AvgIpc) is 3.23. The van der Waals surface area contributed by atoms with Crippen LogP contribution < -0.4 is 5.32 Å². The van der Waals surface area contributed by atoms with Crippen LogP contribution >= 0.6 is 0 Å². The largest absolute Gasteiger partial charge is 0.462 e. The van der Waals surface area contributed by atoms with Gasteiger partial charge >= 0.3 is 11.9 Å². The molecule has 1 amide bonds. The predicted octanol–water partition coefficient (Wildman–Crippen LogP) is 1.63. The van der Waals surface area contributed by atoms with Gasteiger partial charge in [-0.1, -0.05) is 0 Å². The van der Waals surface area contributed by atoms with Gasteiger partial charge in [0, 0.05) is 11.7 Å². The summed E-state index contributed by atoms with van der Waals surface area (Å²) in [4.78, 5) is 38.8. The molecule has 0 radical (unpaired) electrons. The van der Waals surface area contributed by atoms with Gasteiger partial charge in [0.05, 0.1) is 12.2 Å². The van der Waals surface area contributed by atoms with E-state index in [1.807, 2.05) is 0 Å². The molecule has 2 rings (SSSR count). The molecule has 1 atom stereocenters. The monoisotopic (exact) mass is 322 g/mol. The van der Waals surface area contributed by atoms with Gasteiger partial charge in [0.25, 0.3) is 5.91 Å². The van der Waals surface area contributed by atoms with Gasteiger partial charge in [-0.2, -0.15) is 0 Å². The van der Waals surface area contributed by atoms with Gasteiger partial charge in [0.1, 0.15) is 5.69 Å². The highest BCUT2D eigenvalue weighted by molar-refractivity contribution is 5.99. The van der Waals surface area contributed by atoms with Crippen LogP contribution in [0.2, 0.25) is 0 Å². The number of nitrogens with one attached hydrogen (secondary N) is 2. The Morgan fingerprint density at radius 3 is 2.48 bits per heavy atom. The number of hydrogen-bond donors (Lipinski definition) is 2. The summed E-state index contributed by atoms with van der Waals surface area (Å²) in [6.45, 7) is 6.80. The van der Waals surface area contributed by atoms with Crippen molar-refractivity contribution in [1.29, 1.82) is 0 Å². The van der Waals surface area contributed by atoms with Crippen LogP contribution in [0.5, 0.6) is 0 Å². The summed E-state index contributed by atoms with van der Waals surface area (Å²) in [5.74, 6) is -1.47. The molecular weight excluding hydrogens is 300 g/mol. The number of rotatable bonds is 6. The maximum Gasteiger partial charge on any atom is 0.355 e. The molecule has 1 aliphatic carbocycles. The van der Waals surface area contributed by atoms with Gasteiger partial charge in [-0.25, -0.2) is 9.59 Å². The quantitative estimate of drug-likeness (QED) is 0.776. The van der Waals surface area contributed by atoms with Gasteiger partial charge < -0.3 is 19.8 Å². The average molecular weight is 322 g/mol. The molecule has 1 fully saturated rings. The number of aromatic amines is 1. The summed E-state index contributed by atoms with van der Waals surface area (Å²) in [5, 5.41) is 2.78. The van der Waals surface area contributed by atoms with Crippen LogP contribution in [0, 0.1) is 13.8 Å². The topological polar surface area (TPSA) is 97.5 Å². The molecule has 0 aliphatic heterocycles. The second kappa shape index (κ2) is 6.85. The molecule has 1 heterocycles. The first kappa shape index (κ1) is 17.1. The number of esters is 2. The van der Waals surface area contributed by atoms with E-state index in [0.29, 0.717) is 16.8 Å². The van der Waals surface area contributed by atoms with E-state index in [1.54, 1.807) is 20.8 Å². The first-order valence-corrected chi connectivity index (χ1v) is 7.72. The number of aromatic nitrogens is 1. The summed E-state index contributed by atoms with van der Waals surface area (Å²) < 4.78 is 10.2. The van der Waals surface area contributed by atoms with Crippen molar-refractivity contribution in [2.45, 2.75) is 52.7 Å². The Morgan fingerprint density at radius 2 is 1.91 bits per heavy atom. The molecule has 1 aliphatic rings. The Balaban J connectivity index is 2.08. The van der Waals surface area contributed by atoms with E-state index < -0.39 is 18.0 Å². The third kappa shape index (κ3) is 3.91. The van der Waals surface area contributed by atoms with E-state index in [1.165, 1.54) is 6.92 Å². The van der Waals surface area contributed by atoms with Crippen LogP contribution in [-0.2, 0) is 14.3 Å². The third-order valence-electron chi connectivity index (χ3n) is 3.70. The smallest absolute Gasteiger partial charge is 0.355 e. The highest BCUT2D eigenvalue weighted by Crippen LogP contribution is 2.21. The predicted molar refractivity (Wildman–Crippen MR) is 82.3 cm³/mol. The number of ether oxygens (including phenoxy) is 2. The lowest BCUT2D eigenvalue weighted by atomic mass is 10.1. The van der Waals surface area contributed by atoms with Crippen LogP contribution in [-0.4, -0.2) is 41.6 Å². The summed E-state index contributed by atoms with van der Waals surface area (Å²) in [6, 6.07) is 0.202. The number of hydrogen-bond acceptors (Lipinski definition) is 5. The van der Waals surface area contributed by atoms with Gasteiger partial charge in [0.2, 0.25) is 0 Å². The van der Waals surface area contributed by atoms with Gasteiger partial charge in [-0.15, -0.1) is 0 Å². The molecule has 0 saturated heterocycles.